The molecular weight excluding hydrogens is 872 g/mol. The van der Waals surface area contributed by atoms with E-state index in [1.807, 2.05) is 0 Å². The molecule has 23 nitrogen and oxygen atoms in total. The molecule has 5 aliphatic rings. The summed E-state index contributed by atoms with van der Waals surface area (Å²) in [6.07, 6.45) is -22.9. The van der Waals surface area contributed by atoms with E-state index >= 15 is 0 Å². The van der Waals surface area contributed by atoms with Gasteiger partial charge in [-0.1, -0.05) is 6.07 Å². The van der Waals surface area contributed by atoms with Crippen molar-refractivity contribution in [2.24, 2.45) is 0 Å². The van der Waals surface area contributed by atoms with E-state index < -0.39 is 134 Å². The number of aromatic hydroxyl groups is 4. The topological polar surface area (TPSA) is 364 Å². The zero-order valence-corrected chi connectivity index (χ0v) is 33.9. The van der Waals surface area contributed by atoms with Gasteiger partial charge in [0, 0.05) is 23.8 Å². The molecule has 23 heteroatoms. The first-order valence-corrected chi connectivity index (χ1v) is 19.8. The Bertz CT molecular complexity index is 2350. The third-order valence-electron chi connectivity index (χ3n) is 10.8. The van der Waals surface area contributed by atoms with E-state index in [0.717, 1.165) is 30.3 Å². The summed E-state index contributed by atoms with van der Waals surface area (Å²) in [6.45, 7) is -1.97. The van der Waals surface area contributed by atoms with E-state index in [0.29, 0.717) is 5.56 Å². The molecule has 1 aliphatic carbocycles. The van der Waals surface area contributed by atoms with Crippen molar-refractivity contribution in [1.29, 1.82) is 0 Å². The number of esters is 1. The fourth-order valence-corrected chi connectivity index (χ4v) is 7.15. The first-order valence-electron chi connectivity index (χ1n) is 19.8. The first-order chi connectivity index (χ1) is 30.9. The largest absolute Gasteiger partial charge is 0.507 e. The van der Waals surface area contributed by atoms with Gasteiger partial charge in [0.15, 0.2) is 58.6 Å². The van der Waals surface area contributed by atoms with Crippen LogP contribution in [0.3, 0.4) is 0 Å². The molecule has 0 amide bonds. The molecule has 65 heavy (non-hydrogen) atoms. The molecule has 0 aromatic heterocycles. The average molecular weight is 919 g/mol. The molecule has 4 heterocycles. The summed E-state index contributed by atoms with van der Waals surface area (Å²) in [5.41, 5.74) is -0.232. The van der Waals surface area contributed by atoms with Crippen LogP contribution < -0.4 is 14.9 Å². The molecule has 4 aliphatic heterocycles. The van der Waals surface area contributed by atoms with Crippen molar-refractivity contribution in [2.45, 2.75) is 86.0 Å². The van der Waals surface area contributed by atoms with Gasteiger partial charge in [-0.15, -0.1) is 0 Å². The molecule has 7 rings (SSSR count). The van der Waals surface area contributed by atoms with Crippen molar-refractivity contribution in [3.8, 4) is 57.1 Å². The number of carbonyl (C=O) groups is 1. The lowest BCUT2D eigenvalue weighted by Gasteiger charge is -2.45. The second-order valence-corrected chi connectivity index (χ2v) is 15.2. The predicted octanol–water partition coefficient (Wildman–Crippen LogP) is -2.03. The Morgan fingerprint density at radius 1 is 0.692 bits per heavy atom. The Labute approximate surface area is 366 Å². The van der Waals surface area contributed by atoms with E-state index in [4.69, 9.17) is 42.3 Å². The highest BCUT2D eigenvalue weighted by molar-refractivity contribution is 5.87. The Balaban J connectivity index is 1.12. The van der Waals surface area contributed by atoms with Crippen molar-refractivity contribution in [1.82, 2.24) is 0 Å². The molecule has 12 N–H and O–H groups in total. The van der Waals surface area contributed by atoms with Gasteiger partial charge in [0.25, 0.3) is 0 Å². The maximum Gasteiger partial charge on any atom is 0.330 e. The smallest absolute Gasteiger partial charge is 0.330 e. The molecular formula is C42H46O23. The number of methoxy groups -OCH3 is 1. The first kappa shape index (κ1) is 47.3. The third-order valence-corrected chi connectivity index (χ3v) is 10.8. The van der Waals surface area contributed by atoms with Gasteiger partial charge in [-0.3, -0.25) is 4.79 Å². The predicted molar refractivity (Wildman–Crippen MR) is 213 cm³/mol. The average Bonchev–Trinajstić information content (AvgIpc) is 3.28. The minimum absolute atomic E-state index is 0.0309. The minimum atomic E-state index is -2.04. The van der Waals surface area contributed by atoms with Crippen LogP contribution in [0.1, 0.15) is 5.56 Å². The van der Waals surface area contributed by atoms with Crippen LogP contribution >= 0.6 is 0 Å². The Morgan fingerprint density at radius 3 is 2.12 bits per heavy atom. The van der Waals surface area contributed by atoms with E-state index in [1.165, 1.54) is 43.5 Å². The Hall–Kier alpha value is -5.64. The van der Waals surface area contributed by atoms with E-state index in [2.05, 4.69) is 0 Å². The molecule has 14 atom stereocenters. The van der Waals surface area contributed by atoms with Crippen LogP contribution in [-0.2, 0) is 33.2 Å². The highest BCUT2D eigenvalue weighted by Gasteiger charge is 2.52. The van der Waals surface area contributed by atoms with Gasteiger partial charge in [-0.05, 0) is 48.0 Å². The highest BCUT2D eigenvalue weighted by atomic mass is 16.8. The maximum absolute atomic E-state index is 12.5. The molecule has 0 spiro atoms. The lowest BCUT2D eigenvalue weighted by Crippen LogP contribution is -2.64. The third kappa shape index (κ3) is 10.3. The van der Waals surface area contributed by atoms with Crippen LogP contribution in [0.2, 0.25) is 0 Å². The molecule has 352 valence electrons. The van der Waals surface area contributed by atoms with Gasteiger partial charge >= 0.3 is 5.97 Å². The van der Waals surface area contributed by atoms with Gasteiger partial charge in [0.1, 0.15) is 79.2 Å². The number of carbonyl (C=O) groups excluding carboxylic acids is 1. The number of aliphatic hydroxyl groups is 8. The van der Waals surface area contributed by atoms with Crippen LogP contribution in [0.15, 0.2) is 69.9 Å². The van der Waals surface area contributed by atoms with E-state index in [-0.39, 0.29) is 39.9 Å². The molecule has 14 unspecified atom stereocenters. The van der Waals surface area contributed by atoms with E-state index in [9.17, 15) is 70.9 Å². The van der Waals surface area contributed by atoms with Crippen molar-refractivity contribution in [2.75, 3.05) is 26.9 Å². The van der Waals surface area contributed by atoms with Gasteiger partial charge in [-0.2, -0.15) is 0 Å². The molecule has 2 aromatic rings. The van der Waals surface area contributed by atoms with Crippen LogP contribution in [0.25, 0.3) is 28.7 Å². The van der Waals surface area contributed by atoms with Gasteiger partial charge < -0.3 is 104 Å². The maximum atomic E-state index is 12.5. The SMILES string of the molecule is COc1cc(C=CC(=O)OCC2OC(OCC3OC(Oc4cc5c(O)cc(=O)cc-5oc4-c4ccc(O)c(O)c4)C(OC4OCC(O)C(O)C4O)C(O)C3O)C(O)C(O)C2O)ccc1O. The molecule has 3 saturated heterocycles. The highest BCUT2D eigenvalue weighted by Crippen LogP contribution is 2.43. The summed E-state index contributed by atoms with van der Waals surface area (Å²) < 4.78 is 50.9. The summed E-state index contributed by atoms with van der Waals surface area (Å²) in [4.78, 5) is 24.8. The molecule has 0 radical (unpaired) electrons. The Morgan fingerprint density at radius 2 is 1.38 bits per heavy atom. The molecule has 2 aromatic carbocycles. The van der Waals surface area contributed by atoms with Crippen molar-refractivity contribution in [3.63, 3.8) is 0 Å². The number of hydrogen-bond donors (Lipinski definition) is 12. The van der Waals surface area contributed by atoms with Gasteiger partial charge in [-0.25, -0.2) is 4.79 Å². The number of fused-ring (bicyclic) bond motifs is 1. The fourth-order valence-electron chi connectivity index (χ4n) is 7.15. The standard InChI is InChI=1S/C42H46O23/c1-57-26-8-16(2-5-21(26)45)3-7-30(49)58-14-28-32(51)34(53)37(56)40(63-28)60-15-29-33(52)35(54)39(65-41-36(55)31(50)24(48)13-59-41)42(64-29)62-27-12-19-22(46)10-18(43)11-25(19)61-38(27)17-4-6-20(44)23(47)9-17/h2-12,24,28-29,31-37,39-42,44-48,50-56H,13-15H2,1H3. The summed E-state index contributed by atoms with van der Waals surface area (Å²) in [6, 6.07) is 10.9. The number of aliphatic hydroxyl groups excluding tert-OH is 8. The second kappa shape index (κ2) is 19.8. The lowest BCUT2D eigenvalue weighted by atomic mass is 9.97. The number of rotatable bonds is 13. The second-order valence-electron chi connectivity index (χ2n) is 15.2. The van der Waals surface area contributed by atoms with E-state index in [1.54, 1.807) is 0 Å². The molecule has 0 bridgehead atoms. The number of ether oxygens (including phenoxy) is 8. The zero-order valence-electron chi connectivity index (χ0n) is 33.9. The normalized spacial score (nSPS) is 31.8. The Kier molecular flexibility index (Phi) is 14.5. The van der Waals surface area contributed by atoms with Crippen molar-refractivity contribution >= 4 is 12.0 Å². The van der Waals surface area contributed by atoms with Gasteiger partial charge in [0.2, 0.25) is 6.29 Å². The van der Waals surface area contributed by atoms with Crippen LogP contribution in [0.5, 0.6) is 34.5 Å². The summed E-state index contributed by atoms with van der Waals surface area (Å²) >= 11 is 0. The van der Waals surface area contributed by atoms with Crippen LogP contribution in [-0.4, -0.2) is 180 Å². The quantitative estimate of drug-likeness (QED) is 0.0391. The zero-order chi connectivity index (χ0) is 46.9. The molecule has 0 saturated carbocycles. The number of hydrogen-bond acceptors (Lipinski definition) is 23. The van der Waals surface area contributed by atoms with Gasteiger partial charge in [0.05, 0.1) is 25.9 Å². The summed E-state index contributed by atoms with van der Waals surface area (Å²) in [5.74, 6) is -3.30. The summed E-state index contributed by atoms with van der Waals surface area (Å²) in [7, 11) is 1.34. The van der Waals surface area contributed by atoms with Crippen LogP contribution in [0, 0.1) is 0 Å². The minimum Gasteiger partial charge on any atom is -0.507 e. The van der Waals surface area contributed by atoms with Crippen molar-refractivity contribution < 1.29 is 108 Å². The number of phenolic OH excluding ortho intramolecular Hbond substituents is 4. The fraction of sp³-hybridized carbons (Fsp3) is 0.429. The monoisotopic (exact) mass is 918 g/mol. The lowest BCUT2D eigenvalue weighted by molar-refractivity contribution is -0.353. The summed E-state index contributed by atoms with van der Waals surface area (Å²) in [5, 5.41) is 127. The number of phenols is 4. The van der Waals surface area contributed by atoms with Crippen LogP contribution in [0.4, 0.5) is 0 Å². The molecule has 3 fully saturated rings. The van der Waals surface area contributed by atoms with Crippen molar-refractivity contribution in [3.05, 3.63) is 76.5 Å². The number of benzene rings is 3.